The first kappa shape index (κ1) is 10.4. The topological polar surface area (TPSA) is 12.5 Å². The summed E-state index contributed by atoms with van der Waals surface area (Å²) >= 11 is 4.23. The lowest BCUT2D eigenvalue weighted by molar-refractivity contribution is -0.00282. The van der Waals surface area contributed by atoms with Crippen molar-refractivity contribution in [2.45, 2.75) is 19.4 Å². The van der Waals surface area contributed by atoms with Crippen LogP contribution in [-0.2, 0) is 4.74 Å². The van der Waals surface area contributed by atoms with E-state index < -0.39 is 0 Å². The predicted octanol–water partition coefficient (Wildman–Crippen LogP) is 1.27. The Labute approximate surface area is 80.7 Å². The molecule has 1 saturated heterocycles. The van der Waals surface area contributed by atoms with E-state index >= 15 is 0 Å². The van der Waals surface area contributed by atoms with Crippen molar-refractivity contribution in [2.24, 2.45) is 5.92 Å². The summed E-state index contributed by atoms with van der Waals surface area (Å²) in [5.41, 5.74) is 0. The number of piperidine rings is 1. The first-order chi connectivity index (χ1) is 5.77. The van der Waals surface area contributed by atoms with Crippen molar-refractivity contribution in [3.8, 4) is 0 Å². The molecule has 12 heavy (non-hydrogen) atoms. The molecule has 1 aliphatic rings. The highest BCUT2D eigenvalue weighted by Gasteiger charge is 2.24. The molecule has 0 spiro atoms. The van der Waals surface area contributed by atoms with Crippen molar-refractivity contribution in [1.82, 2.24) is 4.90 Å². The van der Waals surface area contributed by atoms with Crippen LogP contribution in [0.15, 0.2) is 0 Å². The fraction of sp³-hybridized carbons (Fsp3) is 1.00. The number of rotatable bonds is 3. The zero-order valence-corrected chi connectivity index (χ0v) is 8.89. The predicted molar refractivity (Wildman–Crippen MR) is 54.9 cm³/mol. The second kappa shape index (κ2) is 5.10. The Hall–Kier alpha value is 0.270. The van der Waals surface area contributed by atoms with E-state index in [1.165, 1.54) is 13.0 Å². The van der Waals surface area contributed by atoms with Gasteiger partial charge in [0.25, 0.3) is 0 Å². The Morgan fingerprint density at radius 2 is 2.33 bits per heavy atom. The van der Waals surface area contributed by atoms with Crippen LogP contribution in [0.3, 0.4) is 0 Å². The molecule has 1 fully saturated rings. The number of hydrogen-bond donors (Lipinski definition) is 1. The molecule has 0 aromatic carbocycles. The largest absolute Gasteiger partial charge is 0.380 e. The monoisotopic (exact) mass is 189 g/mol. The normalized spacial score (nSPS) is 32.2. The Morgan fingerprint density at radius 3 is 2.92 bits per heavy atom. The molecular weight excluding hydrogens is 170 g/mol. The minimum atomic E-state index is 0.429. The molecule has 2 atom stereocenters. The summed E-state index contributed by atoms with van der Waals surface area (Å²) in [5, 5.41) is 0. The van der Waals surface area contributed by atoms with Gasteiger partial charge in [0, 0.05) is 26.0 Å². The second-order valence-corrected chi connectivity index (χ2v) is 4.01. The summed E-state index contributed by atoms with van der Waals surface area (Å²) in [6.07, 6.45) is 1.69. The molecular formula is C9H19NOS. The summed E-state index contributed by atoms with van der Waals surface area (Å²) in [7, 11) is 1.81. The zero-order valence-electron chi connectivity index (χ0n) is 7.99. The molecule has 1 rings (SSSR count). The van der Waals surface area contributed by atoms with E-state index in [0.29, 0.717) is 12.0 Å². The third-order valence-corrected chi connectivity index (χ3v) is 2.89. The lowest BCUT2D eigenvalue weighted by Crippen LogP contribution is -2.44. The van der Waals surface area contributed by atoms with Crippen molar-refractivity contribution in [3.63, 3.8) is 0 Å². The molecule has 0 aromatic rings. The third-order valence-electron chi connectivity index (χ3n) is 2.69. The molecule has 2 unspecified atom stereocenters. The van der Waals surface area contributed by atoms with E-state index in [0.717, 1.165) is 18.8 Å². The molecule has 0 aliphatic carbocycles. The Morgan fingerprint density at radius 1 is 1.58 bits per heavy atom. The summed E-state index contributed by atoms with van der Waals surface area (Å²) in [5.74, 6) is 1.66. The molecule has 0 saturated carbocycles. The lowest BCUT2D eigenvalue weighted by atomic mass is 9.96. The molecule has 3 heteroatoms. The molecule has 0 N–H and O–H groups in total. The van der Waals surface area contributed by atoms with Crippen LogP contribution in [0, 0.1) is 5.92 Å². The van der Waals surface area contributed by atoms with Crippen LogP contribution in [-0.4, -0.2) is 43.5 Å². The smallest absolute Gasteiger partial charge is 0.0724 e. The maximum Gasteiger partial charge on any atom is 0.0724 e. The van der Waals surface area contributed by atoms with Gasteiger partial charge in [0.1, 0.15) is 0 Å². The Kier molecular flexibility index (Phi) is 4.40. The molecule has 0 bridgehead atoms. The van der Waals surface area contributed by atoms with Gasteiger partial charge >= 0.3 is 0 Å². The van der Waals surface area contributed by atoms with Crippen LogP contribution in [0.2, 0.25) is 0 Å². The summed E-state index contributed by atoms with van der Waals surface area (Å²) in [6, 6.07) is 0. The molecule has 72 valence electrons. The average Bonchev–Trinajstić information content (AvgIpc) is 2.09. The van der Waals surface area contributed by atoms with E-state index in [9.17, 15) is 0 Å². The quantitative estimate of drug-likeness (QED) is 0.671. The van der Waals surface area contributed by atoms with Gasteiger partial charge in [-0.1, -0.05) is 6.92 Å². The van der Waals surface area contributed by atoms with Crippen LogP contribution < -0.4 is 0 Å². The third kappa shape index (κ3) is 2.64. The van der Waals surface area contributed by atoms with Crippen molar-refractivity contribution >= 4 is 12.6 Å². The van der Waals surface area contributed by atoms with Gasteiger partial charge < -0.3 is 4.74 Å². The highest BCUT2D eigenvalue weighted by atomic mass is 32.1. The van der Waals surface area contributed by atoms with Gasteiger partial charge in [-0.25, -0.2) is 0 Å². The zero-order chi connectivity index (χ0) is 8.97. The van der Waals surface area contributed by atoms with Gasteiger partial charge in [-0.2, -0.15) is 12.6 Å². The van der Waals surface area contributed by atoms with E-state index in [1.807, 2.05) is 7.11 Å². The number of nitrogens with zero attached hydrogens (tertiary/aromatic N) is 1. The van der Waals surface area contributed by atoms with Crippen molar-refractivity contribution in [3.05, 3.63) is 0 Å². The Bertz CT molecular complexity index is 132. The molecule has 0 aromatic heterocycles. The summed E-state index contributed by atoms with van der Waals surface area (Å²) < 4.78 is 5.41. The van der Waals surface area contributed by atoms with Crippen LogP contribution in [0.4, 0.5) is 0 Å². The average molecular weight is 189 g/mol. The number of thiol groups is 1. The van der Waals surface area contributed by atoms with Gasteiger partial charge in [-0.15, -0.1) is 0 Å². The SMILES string of the molecule is COC1CN(CCS)CCC1C. The molecule has 0 radical (unpaired) electrons. The van der Waals surface area contributed by atoms with Crippen LogP contribution >= 0.6 is 12.6 Å². The number of likely N-dealkylation sites (tertiary alicyclic amines) is 1. The fourth-order valence-corrected chi connectivity index (χ4v) is 2.03. The minimum Gasteiger partial charge on any atom is -0.380 e. The molecule has 1 aliphatic heterocycles. The van der Waals surface area contributed by atoms with Crippen molar-refractivity contribution in [2.75, 3.05) is 32.5 Å². The lowest BCUT2D eigenvalue weighted by Gasteiger charge is -2.35. The number of ether oxygens (including phenoxy) is 1. The molecule has 2 nitrogen and oxygen atoms in total. The second-order valence-electron chi connectivity index (χ2n) is 3.56. The number of hydrogen-bond acceptors (Lipinski definition) is 3. The van der Waals surface area contributed by atoms with E-state index in [1.54, 1.807) is 0 Å². The summed E-state index contributed by atoms with van der Waals surface area (Å²) in [6.45, 7) is 5.65. The van der Waals surface area contributed by atoms with Crippen LogP contribution in [0.1, 0.15) is 13.3 Å². The standard InChI is InChI=1S/C9H19NOS/c1-8-3-4-10(5-6-12)7-9(8)11-2/h8-9,12H,3-7H2,1-2H3. The van der Waals surface area contributed by atoms with Crippen molar-refractivity contribution < 1.29 is 4.74 Å². The van der Waals surface area contributed by atoms with Crippen molar-refractivity contribution in [1.29, 1.82) is 0 Å². The van der Waals surface area contributed by atoms with Gasteiger partial charge in [0.2, 0.25) is 0 Å². The van der Waals surface area contributed by atoms with E-state index in [-0.39, 0.29) is 0 Å². The summed E-state index contributed by atoms with van der Waals surface area (Å²) in [4.78, 5) is 2.43. The van der Waals surface area contributed by atoms with Gasteiger partial charge in [0.15, 0.2) is 0 Å². The van der Waals surface area contributed by atoms with Crippen LogP contribution in [0.5, 0.6) is 0 Å². The first-order valence-corrected chi connectivity index (χ1v) is 5.27. The van der Waals surface area contributed by atoms with Gasteiger partial charge in [-0.3, -0.25) is 4.90 Å². The number of methoxy groups -OCH3 is 1. The highest BCUT2D eigenvalue weighted by Crippen LogP contribution is 2.18. The van der Waals surface area contributed by atoms with Crippen LogP contribution in [0.25, 0.3) is 0 Å². The van der Waals surface area contributed by atoms with E-state index in [4.69, 9.17) is 4.74 Å². The van der Waals surface area contributed by atoms with Gasteiger partial charge in [-0.05, 0) is 18.9 Å². The maximum absolute atomic E-state index is 5.41. The highest BCUT2D eigenvalue weighted by molar-refractivity contribution is 7.80. The Balaban J connectivity index is 2.33. The first-order valence-electron chi connectivity index (χ1n) is 4.64. The van der Waals surface area contributed by atoms with Gasteiger partial charge in [0.05, 0.1) is 6.10 Å². The molecule has 0 amide bonds. The fourth-order valence-electron chi connectivity index (χ4n) is 1.75. The maximum atomic E-state index is 5.41. The van der Waals surface area contributed by atoms with E-state index in [2.05, 4.69) is 24.5 Å². The molecule has 1 heterocycles. The minimum absolute atomic E-state index is 0.429.